The predicted molar refractivity (Wildman–Crippen MR) is 103 cm³/mol. The van der Waals surface area contributed by atoms with E-state index >= 15 is 0 Å². The van der Waals surface area contributed by atoms with Gasteiger partial charge in [0.25, 0.3) is 5.91 Å². The van der Waals surface area contributed by atoms with Gasteiger partial charge in [-0.1, -0.05) is 12.1 Å². The molecule has 8 heteroatoms. The summed E-state index contributed by atoms with van der Waals surface area (Å²) in [6.45, 7) is 0. The molecule has 3 aliphatic carbocycles. The normalized spacial score (nSPS) is 28.7. The highest BCUT2D eigenvalue weighted by Crippen LogP contribution is 2.51. The number of benzene rings is 1. The smallest absolute Gasteiger partial charge is 0.255 e. The van der Waals surface area contributed by atoms with Crippen LogP contribution in [0.15, 0.2) is 40.9 Å². The SMILES string of the molecule is CN(C)c1cccc2c1CC1CC3CC(O)=C(C(N)=O)C(=O)[C@@]3(O)C(O)=C1C2=O. The summed E-state index contributed by atoms with van der Waals surface area (Å²) in [6, 6.07) is 5.29. The van der Waals surface area contributed by atoms with E-state index in [1.54, 1.807) is 12.1 Å². The van der Waals surface area contributed by atoms with E-state index in [-0.39, 0.29) is 18.4 Å². The fourth-order valence-corrected chi connectivity index (χ4v) is 4.95. The quantitative estimate of drug-likeness (QED) is 0.543. The van der Waals surface area contributed by atoms with E-state index in [4.69, 9.17) is 5.73 Å². The second-order valence-electron chi connectivity index (χ2n) is 8.11. The lowest BCUT2D eigenvalue weighted by Gasteiger charge is -2.45. The van der Waals surface area contributed by atoms with Crippen LogP contribution < -0.4 is 10.6 Å². The van der Waals surface area contributed by atoms with Gasteiger partial charge in [0.05, 0.1) is 0 Å². The molecule has 3 aliphatic rings. The fraction of sp³-hybridized carbons (Fsp3) is 0.381. The van der Waals surface area contributed by atoms with Crippen molar-refractivity contribution in [3.05, 3.63) is 52.0 Å². The molecule has 8 nitrogen and oxygen atoms in total. The summed E-state index contributed by atoms with van der Waals surface area (Å²) in [7, 11) is 3.74. The Bertz CT molecular complexity index is 1040. The summed E-state index contributed by atoms with van der Waals surface area (Å²) < 4.78 is 0. The van der Waals surface area contributed by atoms with Gasteiger partial charge in [-0.05, 0) is 30.4 Å². The van der Waals surface area contributed by atoms with Gasteiger partial charge >= 0.3 is 0 Å². The van der Waals surface area contributed by atoms with Gasteiger partial charge in [0.15, 0.2) is 11.4 Å². The van der Waals surface area contributed by atoms with Crippen LogP contribution in [-0.2, 0) is 16.0 Å². The zero-order valence-electron chi connectivity index (χ0n) is 16.1. The van der Waals surface area contributed by atoms with Crippen LogP contribution in [0.2, 0.25) is 0 Å². The predicted octanol–water partition coefficient (Wildman–Crippen LogP) is 0.941. The van der Waals surface area contributed by atoms with Crippen molar-refractivity contribution in [1.82, 2.24) is 0 Å². The number of fused-ring (bicyclic) bond motifs is 3. The van der Waals surface area contributed by atoms with Gasteiger partial charge in [-0.3, -0.25) is 14.4 Å². The standard InChI is InChI=1S/C21H22N2O6/c1-23(2)13-5-3-4-11-12(13)7-9-6-10-8-14(24)16(20(22)28)19(27)21(10,29)18(26)15(9)17(11)25/h3-5,9-10,24,26,29H,6-8H2,1-2H3,(H2,22,28)/t9?,10?,21-/m0/s1. The summed E-state index contributed by atoms with van der Waals surface area (Å²) >= 11 is 0. The van der Waals surface area contributed by atoms with Gasteiger partial charge in [-0.25, -0.2) is 0 Å². The summed E-state index contributed by atoms with van der Waals surface area (Å²) in [5.41, 5.74) is 4.13. The zero-order valence-corrected chi connectivity index (χ0v) is 16.1. The lowest BCUT2D eigenvalue weighted by Crippen LogP contribution is -2.57. The second-order valence-corrected chi connectivity index (χ2v) is 8.11. The molecule has 29 heavy (non-hydrogen) atoms. The molecule has 1 amide bonds. The molecule has 1 aromatic carbocycles. The van der Waals surface area contributed by atoms with Gasteiger partial charge in [0.1, 0.15) is 17.1 Å². The number of rotatable bonds is 2. The minimum atomic E-state index is -2.45. The number of ketones is 2. The summed E-state index contributed by atoms with van der Waals surface area (Å²) in [4.78, 5) is 39.6. The largest absolute Gasteiger partial charge is 0.511 e. The van der Waals surface area contributed by atoms with Crippen molar-refractivity contribution in [3.8, 4) is 0 Å². The molecule has 0 aromatic heterocycles. The van der Waals surface area contributed by atoms with Gasteiger partial charge < -0.3 is 26.0 Å². The Morgan fingerprint density at radius 3 is 2.52 bits per heavy atom. The van der Waals surface area contributed by atoms with Crippen molar-refractivity contribution >= 4 is 23.2 Å². The van der Waals surface area contributed by atoms with Crippen LogP contribution in [0.3, 0.4) is 0 Å². The molecule has 0 saturated carbocycles. The van der Waals surface area contributed by atoms with Gasteiger partial charge in [0, 0.05) is 43.3 Å². The maximum Gasteiger partial charge on any atom is 0.255 e. The Balaban J connectivity index is 1.89. The molecule has 3 atom stereocenters. The van der Waals surface area contributed by atoms with E-state index in [9.17, 15) is 29.7 Å². The first-order valence-corrected chi connectivity index (χ1v) is 9.35. The lowest BCUT2D eigenvalue weighted by molar-refractivity contribution is -0.144. The Morgan fingerprint density at radius 1 is 1.21 bits per heavy atom. The number of carbonyl (C=O) groups is 3. The Morgan fingerprint density at radius 2 is 1.90 bits per heavy atom. The monoisotopic (exact) mass is 398 g/mol. The molecule has 0 radical (unpaired) electrons. The molecule has 0 heterocycles. The van der Waals surface area contributed by atoms with Crippen molar-refractivity contribution in [2.24, 2.45) is 17.6 Å². The lowest BCUT2D eigenvalue weighted by atomic mass is 9.60. The van der Waals surface area contributed by atoms with Crippen LogP contribution in [0.1, 0.15) is 28.8 Å². The highest BCUT2D eigenvalue weighted by molar-refractivity contribution is 6.24. The van der Waals surface area contributed by atoms with Gasteiger partial charge in [0.2, 0.25) is 5.78 Å². The van der Waals surface area contributed by atoms with Gasteiger partial charge in [-0.2, -0.15) is 0 Å². The fourth-order valence-electron chi connectivity index (χ4n) is 4.95. The van der Waals surface area contributed by atoms with Crippen LogP contribution >= 0.6 is 0 Å². The maximum absolute atomic E-state index is 13.2. The molecule has 2 unspecified atom stereocenters. The van der Waals surface area contributed by atoms with E-state index in [0.717, 1.165) is 11.3 Å². The molecule has 0 fully saturated rings. The Hall–Kier alpha value is -3.13. The van der Waals surface area contributed by atoms with Crippen molar-refractivity contribution in [3.63, 3.8) is 0 Å². The third kappa shape index (κ3) is 2.45. The van der Waals surface area contributed by atoms with E-state index < -0.39 is 52.0 Å². The van der Waals surface area contributed by atoms with Crippen molar-refractivity contribution in [1.29, 1.82) is 0 Å². The average Bonchev–Trinajstić information content (AvgIpc) is 2.64. The molecular weight excluding hydrogens is 376 g/mol. The summed E-state index contributed by atoms with van der Waals surface area (Å²) in [5, 5.41) is 32.2. The number of hydrogen-bond donors (Lipinski definition) is 4. The maximum atomic E-state index is 13.2. The number of aliphatic hydroxyl groups is 3. The van der Waals surface area contributed by atoms with E-state index in [0.29, 0.717) is 12.0 Å². The van der Waals surface area contributed by atoms with Crippen molar-refractivity contribution in [2.45, 2.75) is 24.9 Å². The van der Waals surface area contributed by atoms with E-state index in [1.165, 1.54) is 0 Å². The Kier molecular flexibility index (Phi) is 4.09. The average molecular weight is 398 g/mol. The van der Waals surface area contributed by atoms with Crippen LogP contribution in [0, 0.1) is 11.8 Å². The number of Topliss-reactive ketones (excluding diaryl/α,β-unsaturated/α-hetero) is 2. The second kappa shape index (κ2) is 6.18. The number of allylic oxidation sites excluding steroid dienone is 2. The number of aliphatic hydroxyl groups excluding tert-OH is 2. The first-order chi connectivity index (χ1) is 13.6. The van der Waals surface area contributed by atoms with Crippen molar-refractivity contribution < 1.29 is 29.7 Å². The molecule has 1 aromatic rings. The number of anilines is 1. The molecule has 4 rings (SSSR count). The molecule has 5 N–H and O–H groups in total. The third-order valence-corrected chi connectivity index (χ3v) is 6.31. The third-order valence-electron chi connectivity index (χ3n) is 6.31. The molecule has 0 aliphatic heterocycles. The first-order valence-electron chi connectivity index (χ1n) is 9.35. The topological polar surface area (TPSA) is 141 Å². The molecule has 0 bridgehead atoms. The van der Waals surface area contributed by atoms with Crippen LogP contribution in [-0.4, -0.2) is 52.5 Å². The zero-order chi connectivity index (χ0) is 21.2. The molecule has 152 valence electrons. The van der Waals surface area contributed by atoms with Crippen LogP contribution in [0.25, 0.3) is 0 Å². The first kappa shape index (κ1) is 19.2. The number of nitrogens with two attached hydrogens (primary N) is 1. The summed E-state index contributed by atoms with van der Waals surface area (Å²) in [5.74, 6) is -5.31. The number of amides is 1. The number of carbonyl (C=O) groups excluding carboxylic acids is 3. The molecule has 0 saturated heterocycles. The van der Waals surface area contributed by atoms with Crippen LogP contribution in [0.4, 0.5) is 5.69 Å². The van der Waals surface area contributed by atoms with Crippen LogP contribution in [0.5, 0.6) is 0 Å². The number of hydrogen-bond acceptors (Lipinski definition) is 7. The molecule has 0 spiro atoms. The minimum Gasteiger partial charge on any atom is -0.511 e. The van der Waals surface area contributed by atoms with E-state index in [1.807, 2.05) is 25.1 Å². The Labute approximate surface area is 166 Å². The minimum absolute atomic E-state index is 0.00860. The van der Waals surface area contributed by atoms with E-state index in [2.05, 4.69) is 0 Å². The number of nitrogens with zero attached hydrogens (tertiary/aromatic N) is 1. The van der Waals surface area contributed by atoms with Gasteiger partial charge in [-0.15, -0.1) is 0 Å². The highest BCUT2D eigenvalue weighted by Gasteiger charge is 2.59. The van der Waals surface area contributed by atoms with Crippen molar-refractivity contribution in [2.75, 3.05) is 19.0 Å². The summed E-state index contributed by atoms with van der Waals surface area (Å²) in [6.07, 6.45) is 0.456. The molecular formula is C21H22N2O6. The number of primary amides is 1. The highest BCUT2D eigenvalue weighted by atomic mass is 16.3.